The molecule has 4 rings (SSSR count). The van der Waals surface area contributed by atoms with Gasteiger partial charge in [0.1, 0.15) is 0 Å². The van der Waals surface area contributed by atoms with Gasteiger partial charge < -0.3 is 19.5 Å². The van der Waals surface area contributed by atoms with Gasteiger partial charge in [-0.25, -0.2) is 0 Å². The zero-order valence-corrected chi connectivity index (χ0v) is 13.0. The summed E-state index contributed by atoms with van der Waals surface area (Å²) >= 11 is 0. The molecule has 0 saturated carbocycles. The number of ether oxygens (including phenoxy) is 2. The van der Waals surface area contributed by atoms with Crippen molar-refractivity contribution in [3.05, 3.63) is 30.3 Å². The van der Waals surface area contributed by atoms with Crippen molar-refractivity contribution in [3.8, 4) is 22.8 Å². The van der Waals surface area contributed by atoms with Crippen molar-refractivity contribution in [1.29, 1.82) is 0 Å². The van der Waals surface area contributed by atoms with Gasteiger partial charge in [0.05, 0.1) is 11.6 Å². The first-order chi connectivity index (χ1) is 11.7. The number of aliphatic carboxylic acids is 1. The highest BCUT2D eigenvalue weighted by molar-refractivity contribution is 5.71. The van der Waals surface area contributed by atoms with Crippen LogP contribution in [0.5, 0.6) is 11.5 Å². The van der Waals surface area contributed by atoms with E-state index in [1.54, 1.807) is 0 Å². The topological polar surface area (TPSA) is 84.8 Å². The van der Waals surface area contributed by atoms with E-state index in [0.717, 1.165) is 30.0 Å². The lowest BCUT2D eigenvalue weighted by Crippen LogP contribution is -2.39. The van der Waals surface area contributed by atoms with Gasteiger partial charge in [-0.2, -0.15) is 0 Å². The summed E-state index contributed by atoms with van der Waals surface area (Å²) in [6.45, 7) is 1.53. The van der Waals surface area contributed by atoms with Crippen molar-refractivity contribution < 1.29 is 19.4 Å². The van der Waals surface area contributed by atoms with Gasteiger partial charge in [0.15, 0.2) is 17.3 Å². The Balaban J connectivity index is 1.53. The Morgan fingerprint density at radius 2 is 2.04 bits per heavy atom. The first kappa shape index (κ1) is 14.7. The summed E-state index contributed by atoms with van der Waals surface area (Å²) in [5.41, 5.74) is 1.64. The molecule has 0 bridgehead atoms. The number of carboxylic acids is 1. The van der Waals surface area contributed by atoms with Gasteiger partial charge in [-0.1, -0.05) is 0 Å². The van der Waals surface area contributed by atoms with Crippen LogP contribution in [0.4, 0.5) is 5.82 Å². The third-order valence-electron chi connectivity index (χ3n) is 4.41. The smallest absolute Gasteiger partial charge is 0.308 e. The van der Waals surface area contributed by atoms with Gasteiger partial charge in [-0.05, 0) is 43.2 Å². The Labute approximate surface area is 138 Å². The van der Waals surface area contributed by atoms with Crippen molar-refractivity contribution in [3.63, 3.8) is 0 Å². The standard InChI is InChI=1S/C17H17N3O4/c21-17(22)12-2-1-7-20(9-12)16-6-4-13(18-19-16)11-3-5-14-15(8-11)24-10-23-14/h3-6,8,12H,1-2,7,9-10H2,(H,21,22). The van der Waals surface area contributed by atoms with E-state index in [2.05, 4.69) is 10.2 Å². The van der Waals surface area contributed by atoms with E-state index in [4.69, 9.17) is 9.47 Å². The van der Waals surface area contributed by atoms with Gasteiger partial charge in [0.25, 0.3) is 0 Å². The fraction of sp³-hybridized carbons (Fsp3) is 0.353. The Kier molecular flexibility index (Phi) is 3.68. The zero-order chi connectivity index (χ0) is 16.5. The molecule has 1 saturated heterocycles. The number of fused-ring (bicyclic) bond motifs is 1. The van der Waals surface area contributed by atoms with Crippen molar-refractivity contribution >= 4 is 11.8 Å². The van der Waals surface area contributed by atoms with E-state index in [0.29, 0.717) is 24.5 Å². The average Bonchev–Trinajstić information content (AvgIpc) is 3.09. The molecule has 1 N–H and O–H groups in total. The zero-order valence-electron chi connectivity index (χ0n) is 13.0. The number of rotatable bonds is 3. The van der Waals surface area contributed by atoms with Gasteiger partial charge in [0, 0.05) is 18.7 Å². The lowest BCUT2D eigenvalue weighted by atomic mass is 9.98. The summed E-state index contributed by atoms with van der Waals surface area (Å²) in [5, 5.41) is 17.7. The first-order valence-corrected chi connectivity index (χ1v) is 7.92. The minimum absolute atomic E-state index is 0.239. The van der Waals surface area contributed by atoms with E-state index in [1.807, 2.05) is 35.2 Å². The van der Waals surface area contributed by atoms with Crippen LogP contribution in [0.2, 0.25) is 0 Å². The molecule has 0 radical (unpaired) electrons. The number of aromatic nitrogens is 2. The third kappa shape index (κ3) is 2.73. The second-order valence-corrected chi connectivity index (χ2v) is 5.97. The van der Waals surface area contributed by atoms with E-state index in [9.17, 15) is 9.90 Å². The molecule has 0 spiro atoms. The molecule has 0 amide bonds. The van der Waals surface area contributed by atoms with Crippen LogP contribution in [0.15, 0.2) is 30.3 Å². The van der Waals surface area contributed by atoms with E-state index < -0.39 is 5.97 Å². The molecule has 1 fully saturated rings. The lowest BCUT2D eigenvalue weighted by Gasteiger charge is -2.31. The summed E-state index contributed by atoms with van der Waals surface area (Å²) in [6, 6.07) is 9.43. The number of carbonyl (C=O) groups is 1. The molecule has 2 aromatic rings. The molecule has 1 unspecified atom stereocenters. The van der Waals surface area contributed by atoms with E-state index >= 15 is 0 Å². The van der Waals surface area contributed by atoms with E-state index in [1.165, 1.54) is 0 Å². The van der Waals surface area contributed by atoms with Crippen molar-refractivity contribution in [1.82, 2.24) is 10.2 Å². The van der Waals surface area contributed by atoms with Crippen LogP contribution >= 0.6 is 0 Å². The number of nitrogens with zero attached hydrogens (tertiary/aromatic N) is 3. The summed E-state index contributed by atoms with van der Waals surface area (Å²) in [4.78, 5) is 13.2. The monoisotopic (exact) mass is 327 g/mol. The first-order valence-electron chi connectivity index (χ1n) is 7.92. The van der Waals surface area contributed by atoms with Gasteiger partial charge >= 0.3 is 5.97 Å². The molecule has 2 aliphatic heterocycles. The highest BCUT2D eigenvalue weighted by atomic mass is 16.7. The van der Waals surface area contributed by atoms with Crippen LogP contribution in [0.25, 0.3) is 11.3 Å². The number of hydrogen-bond acceptors (Lipinski definition) is 6. The largest absolute Gasteiger partial charge is 0.481 e. The summed E-state index contributed by atoms with van der Waals surface area (Å²) in [6.07, 6.45) is 1.57. The molecule has 1 atom stereocenters. The molecule has 124 valence electrons. The number of piperidine rings is 1. The normalized spacial score (nSPS) is 19.3. The minimum atomic E-state index is -0.746. The van der Waals surface area contributed by atoms with Gasteiger partial charge in [-0.3, -0.25) is 4.79 Å². The average molecular weight is 327 g/mol. The summed E-state index contributed by atoms with van der Waals surface area (Å²) in [7, 11) is 0. The number of hydrogen-bond donors (Lipinski definition) is 1. The van der Waals surface area contributed by atoms with Crippen LogP contribution in [-0.2, 0) is 4.79 Å². The van der Waals surface area contributed by atoms with Crippen molar-refractivity contribution in [2.24, 2.45) is 5.92 Å². The number of anilines is 1. The molecule has 0 aliphatic carbocycles. The molecule has 1 aromatic heterocycles. The van der Waals surface area contributed by atoms with Crippen molar-refractivity contribution in [2.45, 2.75) is 12.8 Å². The second kappa shape index (κ2) is 5.99. The third-order valence-corrected chi connectivity index (χ3v) is 4.41. The van der Waals surface area contributed by atoms with Crippen LogP contribution in [-0.4, -0.2) is 41.2 Å². The maximum absolute atomic E-state index is 11.2. The Bertz CT molecular complexity index is 763. The fourth-order valence-corrected chi connectivity index (χ4v) is 3.09. The molecular formula is C17H17N3O4. The van der Waals surface area contributed by atoms with Crippen molar-refractivity contribution in [2.75, 3.05) is 24.8 Å². The fourth-order valence-electron chi connectivity index (χ4n) is 3.09. The van der Waals surface area contributed by atoms with Crippen LogP contribution in [0, 0.1) is 5.92 Å². The molecule has 24 heavy (non-hydrogen) atoms. The Morgan fingerprint density at radius 3 is 2.83 bits per heavy atom. The number of carboxylic acid groups (broad SMARTS) is 1. The highest BCUT2D eigenvalue weighted by Gasteiger charge is 2.26. The van der Waals surface area contributed by atoms with Gasteiger partial charge in [0.2, 0.25) is 6.79 Å². The quantitative estimate of drug-likeness (QED) is 0.924. The molecule has 7 nitrogen and oxygen atoms in total. The minimum Gasteiger partial charge on any atom is -0.481 e. The predicted octanol–water partition coefficient (Wildman–Crippen LogP) is 2.17. The molecular weight excluding hydrogens is 310 g/mol. The summed E-state index contributed by atoms with van der Waals surface area (Å²) in [5.74, 6) is 1.07. The second-order valence-electron chi connectivity index (χ2n) is 5.97. The molecule has 2 aliphatic rings. The summed E-state index contributed by atoms with van der Waals surface area (Å²) < 4.78 is 10.7. The highest BCUT2D eigenvalue weighted by Crippen LogP contribution is 2.35. The maximum atomic E-state index is 11.2. The number of benzene rings is 1. The molecule has 7 heteroatoms. The molecule has 3 heterocycles. The lowest BCUT2D eigenvalue weighted by molar-refractivity contribution is -0.141. The maximum Gasteiger partial charge on any atom is 0.308 e. The molecule has 1 aromatic carbocycles. The van der Waals surface area contributed by atoms with Crippen LogP contribution in [0.3, 0.4) is 0 Å². The van der Waals surface area contributed by atoms with Gasteiger partial charge in [-0.15, -0.1) is 10.2 Å². The van der Waals surface area contributed by atoms with Crippen LogP contribution in [0.1, 0.15) is 12.8 Å². The van der Waals surface area contributed by atoms with Crippen LogP contribution < -0.4 is 14.4 Å². The SMILES string of the molecule is O=C(O)C1CCCN(c2ccc(-c3ccc4c(c3)OCO4)nn2)C1. The Hall–Kier alpha value is -2.83. The van der Waals surface area contributed by atoms with E-state index in [-0.39, 0.29) is 12.7 Å². The predicted molar refractivity (Wildman–Crippen MR) is 86.2 cm³/mol. The Morgan fingerprint density at radius 1 is 1.17 bits per heavy atom.